The van der Waals surface area contributed by atoms with Gasteiger partial charge in [0.2, 0.25) is 34.4 Å². The Morgan fingerprint density at radius 2 is 0.888 bits per heavy atom. The van der Waals surface area contributed by atoms with Crippen LogP contribution in [0.15, 0.2) is 154 Å². The van der Waals surface area contributed by atoms with Crippen molar-refractivity contribution in [3.63, 3.8) is 0 Å². The topological polar surface area (TPSA) is 571 Å². The number of hydrogen-bond acceptors (Lipinski definition) is 33. The molecule has 10 rings (SSSR count). The van der Waals surface area contributed by atoms with E-state index in [9.17, 15) is 95.9 Å². The van der Waals surface area contributed by atoms with Crippen LogP contribution in [0, 0.1) is 0 Å². The molecule has 0 radical (unpaired) electrons. The molecule has 0 spiro atoms. The van der Waals surface area contributed by atoms with Crippen molar-refractivity contribution in [3.05, 3.63) is 120 Å². The maximum atomic E-state index is 14.7. The van der Waals surface area contributed by atoms with Crippen LogP contribution in [0.1, 0.15) is 0 Å². The van der Waals surface area contributed by atoms with Crippen LogP contribution in [0.2, 0.25) is 10.6 Å². The minimum absolute atomic E-state index is 0. The Balaban J connectivity index is 0.00000357. The third-order valence-corrected chi connectivity index (χ3v) is 19.3. The van der Waals surface area contributed by atoms with Crippen molar-refractivity contribution in [2.24, 2.45) is 10.2 Å². The summed E-state index contributed by atoms with van der Waals surface area (Å²) in [5.41, 5.74) is -4.83. The molecule has 34 nitrogen and oxygen atoms in total. The molecule has 474 valence electrons. The molecule has 0 aliphatic rings. The summed E-state index contributed by atoms with van der Waals surface area (Å²) < 4.78 is 262. The van der Waals surface area contributed by atoms with Crippen molar-refractivity contribution in [1.29, 1.82) is 0 Å². The summed E-state index contributed by atoms with van der Waals surface area (Å²) >= 11 is 12.4. The normalized spacial score (nSPS) is 12.0. The van der Waals surface area contributed by atoms with Crippen molar-refractivity contribution in [1.82, 2.24) is 29.9 Å². The van der Waals surface area contributed by atoms with Crippen molar-refractivity contribution in [2.75, 3.05) is 34.4 Å². The van der Waals surface area contributed by atoms with E-state index in [0.29, 0.717) is 35.7 Å². The zero-order valence-corrected chi connectivity index (χ0v) is 72.2. The van der Waals surface area contributed by atoms with Gasteiger partial charge in [-0.05, 0) is 105 Å². The predicted molar refractivity (Wildman–Crippen MR) is 309 cm³/mol. The van der Waals surface area contributed by atoms with E-state index in [0.717, 1.165) is 48.5 Å². The maximum absolute atomic E-state index is 14.7. The van der Waals surface area contributed by atoms with Crippen molar-refractivity contribution in [3.8, 4) is 16.9 Å². The second-order valence-electron chi connectivity index (χ2n) is 18.6. The Morgan fingerprint density at radius 3 is 1.41 bits per heavy atom. The molecule has 8 aromatic carbocycles. The van der Waals surface area contributed by atoms with E-state index in [-0.39, 0.29) is 248 Å². The first-order chi connectivity index (χ1) is 42.2. The fourth-order valence-electron chi connectivity index (χ4n) is 9.26. The molecular weight excluding hydrogens is 1550 g/mol. The average molecular weight is 1580 g/mol. The van der Waals surface area contributed by atoms with E-state index in [1.165, 1.54) is 24.3 Å². The van der Waals surface area contributed by atoms with Crippen LogP contribution >= 0.6 is 23.2 Å². The van der Waals surface area contributed by atoms with E-state index in [2.05, 4.69) is 61.4 Å². The molecule has 0 fully saturated rings. The molecule has 2 heterocycles. The zero-order chi connectivity index (χ0) is 66.3. The molecule has 0 bridgehead atoms. The molecule has 0 atom stereocenters. The molecule has 5 N–H and O–H groups in total. The molecule has 0 aliphatic carbocycles. The third kappa shape index (κ3) is 20.7. The molecule has 98 heavy (non-hydrogen) atoms. The Kier molecular flexibility index (Phi) is 32.1. The van der Waals surface area contributed by atoms with Gasteiger partial charge >= 0.3 is 207 Å². The van der Waals surface area contributed by atoms with Crippen LogP contribution in [0.5, 0.6) is 5.75 Å². The van der Waals surface area contributed by atoms with Crippen LogP contribution < -0.4 is 233 Å². The number of hydrogen-bond donors (Lipinski definition) is 5. The van der Waals surface area contributed by atoms with Crippen LogP contribution in [0.25, 0.3) is 54.2 Å². The number of benzene rings is 8. The first-order valence-electron chi connectivity index (χ1n) is 24.2. The van der Waals surface area contributed by atoms with Gasteiger partial charge in [-0.2, -0.15) is 38.3 Å². The Bertz CT molecular complexity index is 5740. The van der Waals surface area contributed by atoms with Gasteiger partial charge in [-0.15, -0.1) is 10.2 Å². The standard InChI is InChI=1S/C48H34Cl2N12O22S7.7Na/c49-43-55-45(59-47(57-43)53-32-18-24(85(64,65)66)14-22-16-36(88(73,74)75)33(20-30(22)32)62-61-31-11-8-21-4-1-2-5-26(21)42(31)91(82,83)84)51-12-13-52-46-56-44(50)58-48(60-46)54-34-19-25(86(67,68)69)15-23-17-37(89(76,77)78)39(40(63)38(23)34)29-10-9-27-28(41(29)90(79,80)81)6-3-7-35(27)87(70,71)72;;;;;;;/h1-11,14-20,63H,12-13H2,(H,64,65,66)(H,67,68,69)(H,70,71,72)(H,73,74,75)(H,76,77,78)(H,79,80,81)(H,82,83,84)(H2,51,53,55,57,59)(H2,52,54,56,58,60);;;;;;;/q;7*+1/p-7. The predicted octanol–water partition coefficient (Wildman–Crippen LogP) is -16.2. The number of anilines is 6. The van der Waals surface area contributed by atoms with Crippen LogP contribution in [0.4, 0.5) is 46.5 Å². The second-order valence-corrected chi connectivity index (χ2v) is 28.7. The SMILES string of the molecule is O=S(=O)([O-])c1cc(Nc2nc(Cl)nc(NCCNc3nc(Cl)nc(Nc4cc(S(=O)(=O)[O-])cc5cc(S(=O)(=O)[O-])c(-c6ccc7c(S(=O)(=O)[O-])cccc7c6S(=O)(=O)[O-])c([O-])c45)n3)n2)c2cc(N=Nc3ccc4ccccc4c3S(=O)(=O)O)c(S(=O)(=O)[O-])cc2c1.[Na+].[Na+].[Na+].[Na+].[Na+].[Na+].[Na+]. The smallest absolute Gasteiger partial charge is 0.872 e. The number of nitrogens with zero attached hydrogens (tertiary/aromatic N) is 8. The first-order valence-corrected chi connectivity index (χ1v) is 34.9. The fourth-order valence-corrected chi connectivity index (χ4v) is 14.4. The number of nitrogens with one attached hydrogen (secondary N) is 4. The van der Waals surface area contributed by atoms with Gasteiger partial charge in [-0.25, -0.2) is 50.5 Å². The van der Waals surface area contributed by atoms with Gasteiger partial charge < -0.3 is 53.7 Å². The van der Waals surface area contributed by atoms with Gasteiger partial charge in [-0.1, -0.05) is 60.3 Å². The van der Waals surface area contributed by atoms with E-state index >= 15 is 0 Å². The number of rotatable bonds is 19. The first kappa shape index (κ1) is 90.6. The van der Waals surface area contributed by atoms with E-state index in [4.69, 9.17) is 23.2 Å². The Morgan fingerprint density at radius 1 is 0.408 bits per heavy atom. The van der Waals surface area contributed by atoms with E-state index < -0.39 is 189 Å². The summed E-state index contributed by atoms with van der Waals surface area (Å²) in [6.07, 6.45) is 0. The molecule has 50 heteroatoms. The zero-order valence-electron chi connectivity index (χ0n) is 51.0. The van der Waals surface area contributed by atoms with E-state index in [1.807, 2.05) is 0 Å². The van der Waals surface area contributed by atoms with Crippen molar-refractivity contribution in [2.45, 2.75) is 34.3 Å². The van der Waals surface area contributed by atoms with Gasteiger partial charge in [0, 0.05) is 45.9 Å². The van der Waals surface area contributed by atoms with Gasteiger partial charge in [0.1, 0.15) is 77.0 Å². The largest absolute Gasteiger partial charge is 1.00 e. The summed E-state index contributed by atoms with van der Waals surface area (Å²) in [5, 5.41) is 28.4. The van der Waals surface area contributed by atoms with E-state index in [1.54, 1.807) is 6.07 Å². The van der Waals surface area contributed by atoms with Crippen LogP contribution in [-0.2, 0) is 70.8 Å². The summed E-state index contributed by atoms with van der Waals surface area (Å²) in [6, 6.07) is 16.6. The second kappa shape index (κ2) is 34.7. The summed E-state index contributed by atoms with van der Waals surface area (Å²) in [4.78, 5) is 15.8. The molecular formula is C48H27Cl2N12Na7O22S7. The Labute approximate surface area is 720 Å². The number of aromatic nitrogens is 6. The maximum Gasteiger partial charge on any atom is 1.00 e. The number of halogens is 2. The average Bonchev–Trinajstić information content (AvgIpc) is 0.728. The Hall–Kier alpha value is -1.63. The molecule has 0 aliphatic heterocycles. The summed E-state index contributed by atoms with van der Waals surface area (Å²) in [7, 11) is -38.8. The third-order valence-electron chi connectivity index (χ3n) is 12.8. The van der Waals surface area contributed by atoms with Crippen LogP contribution in [0.3, 0.4) is 0 Å². The number of fused-ring (bicyclic) bond motifs is 4. The molecule has 2 aromatic heterocycles. The molecule has 0 amide bonds. The molecule has 0 unspecified atom stereocenters. The van der Waals surface area contributed by atoms with Crippen LogP contribution in [-0.4, -0.2) is 134 Å². The molecule has 0 saturated carbocycles. The molecule has 0 saturated heterocycles. The minimum Gasteiger partial charge on any atom is -0.872 e. The van der Waals surface area contributed by atoms with Gasteiger partial charge in [0.05, 0.1) is 35.1 Å². The van der Waals surface area contributed by atoms with Gasteiger partial charge in [-0.3, -0.25) is 4.55 Å². The molecule has 10 aromatic rings. The van der Waals surface area contributed by atoms with Crippen molar-refractivity contribution >= 4 is 184 Å². The van der Waals surface area contributed by atoms with Gasteiger partial charge in [0.25, 0.3) is 10.1 Å². The fraction of sp³-hybridized carbons (Fsp3) is 0.0417. The quantitative estimate of drug-likeness (QED) is 0.0217. The minimum atomic E-state index is -5.96. The monoisotopic (exact) mass is 1580 g/mol. The summed E-state index contributed by atoms with van der Waals surface area (Å²) in [6.45, 7) is -0.458. The number of azo groups is 1. The van der Waals surface area contributed by atoms with Gasteiger partial charge in [0.15, 0.2) is 0 Å². The van der Waals surface area contributed by atoms with Crippen molar-refractivity contribution < 1.29 is 303 Å². The summed E-state index contributed by atoms with van der Waals surface area (Å²) in [5.74, 6) is -3.53.